The molecule has 0 N–H and O–H groups in total. The van der Waals surface area contributed by atoms with Crippen LogP contribution in [0.25, 0.3) is 0 Å². The Kier molecular flexibility index (Phi) is 4.19. The Hall–Kier alpha value is -1.04. The van der Waals surface area contributed by atoms with E-state index in [1.54, 1.807) is 0 Å². The molecule has 0 heteroatoms. The van der Waals surface area contributed by atoms with E-state index in [0.717, 1.165) is 19.3 Å². The maximum atomic E-state index is 3.10. The lowest BCUT2D eigenvalue weighted by molar-refractivity contribution is 1.05. The first-order valence-corrected chi connectivity index (χ1v) is 4.04. The predicted octanol–water partition coefficient (Wildman–Crippen LogP) is 3.20. The summed E-state index contributed by atoms with van der Waals surface area (Å²) < 4.78 is 0. The van der Waals surface area contributed by atoms with Gasteiger partial charge in [-0.3, -0.25) is 0 Å². The highest BCUT2D eigenvalue weighted by molar-refractivity contribution is 5.07. The van der Waals surface area contributed by atoms with Crippen LogP contribution in [0.3, 0.4) is 0 Å². The van der Waals surface area contributed by atoms with Crippen molar-refractivity contribution in [3.8, 4) is 0 Å². The third-order valence-electron chi connectivity index (χ3n) is 1.47. The molecule has 0 aromatic heterocycles. The summed E-state index contributed by atoms with van der Waals surface area (Å²) in [4.78, 5) is 0. The lowest BCUT2D eigenvalue weighted by atomic mass is 10.2. The molecule has 0 aliphatic heterocycles. The summed E-state index contributed by atoms with van der Waals surface area (Å²) in [6.45, 7) is 0. The highest BCUT2D eigenvalue weighted by Gasteiger charge is 1.76. The van der Waals surface area contributed by atoms with Crippen LogP contribution >= 0.6 is 0 Å². The highest BCUT2D eigenvalue weighted by Crippen LogP contribution is 1.96. The van der Waals surface area contributed by atoms with Crippen LogP contribution in [0.1, 0.15) is 19.3 Å². The topological polar surface area (TPSA) is 0 Å². The second-order valence-corrected chi connectivity index (χ2v) is 2.44. The van der Waals surface area contributed by atoms with Crippen molar-refractivity contribution in [2.24, 2.45) is 0 Å². The molecule has 0 spiro atoms. The van der Waals surface area contributed by atoms with Gasteiger partial charge in [-0.15, -0.1) is 0 Å². The maximum absolute atomic E-state index is 3.10. The van der Waals surface area contributed by atoms with E-state index in [-0.39, 0.29) is 0 Å². The summed E-state index contributed by atoms with van der Waals surface area (Å²) in [5.74, 6) is 0. The Balaban J connectivity index is 2.47. The van der Waals surface area contributed by atoms with E-state index in [4.69, 9.17) is 0 Å². The fourth-order valence-electron chi connectivity index (χ4n) is 0.880. The van der Waals surface area contributed by atoms with Gasteiger partial charge in [-0.1, -0.05) is 42.5 Å². The zero-order chi connectivity index (χ0) is 7.78. The predicted molar refractivity (Wildman–Crippen MR) is 49.1 cm³/mol. The van der Waals surface area contributed by atoms with Gasteiger partial charge in [0.05, 0.1) is 0 Å². The molecule has 0 heterocycles. The summed E-state index contributed by atoms with van der Waals surface area (Å²) in [5, 5.41) is 0. The Bertz CT molecular complexity index is 170. The number of allylic oxidation sites excluding steroid dienone is 8. The highest BCUT2D eigenvalue weighted by atomic mass is 13.8. The average molecular weight is 145 g/mol. The average Bonchev–Trinajstić information content (AvgIpc) is 2.08. The third-order valence-corrected chi connectivity index (χ3v) is 1.47. The van der Waals surface area contributed by atoms with Crippen molar-refractivity contribution < 1.29 is 0 Å². The van der Waals surface area contributed by atoms with Crippen molar-refractivity contribution in [2.45, 2.75) is 19.3 Å². The van der Waals surface area contributed by atoms with E-state index in [0.29, 0.717) is 0 Å². The molecular formula is C11H13. The molecule has 1 aliphatic carbocycles. The van der Waals surface area contributed by atoms with Crippen LogP contribution in [0.15, 0.2) is 42.5 Å². The van der Waals surface area contributed by atoms with Gasteiger partial charge in [-0.05, 0) is 25.3 Å². The molecule has 1 radical (unpaired) electrons. The van der Waals surface area contributed by atoms with Gasteiger partial charge in [-0.2, -0.15) is 0 Å². The van der Waals surface area contributed by atoms with E-state index < -0.39 is 0 Å². The van der Waals surface area contributed by atoms with Crippen molar-refractivity contribution >= 4 is 0 Å². The third kappa shape index (κ3) is 4.38. The van der Waals surface area contributed by atoms with Gasteiger partial charge in [0.25, 0.3) is 0 Å². The minimum atomic E-state index is 0.981. The van der Waals surface area contributed by atoms with Gasteiger partial charge in [0.15, 0.2) is 0 Å². The van der Waals surface area contributed by atoms with Crippen molar-refractivity contribution in [2.75, 3.05) is 0 Å². The summed E-state index contributed by atoms with van der Waals surface area (Å²) in [7, 11) is 0. The molecule has 0 saturated heterocycles. The molecule has 11 heavy (non-hydrogen) atoms. The van der Waals surface area contributed by atoms with E-state index >= 15 is 0 Å². The van der Waals surface area contributed by atoms with E-state index in [1.807, 2.05) is 12.2 Å². The molecule has 0 amide bonds. The van der Waals surface area contributed by atoms with Gasteiger partial charge in [0, 0.05) is 0 Å². The van der Waals surface area contributed by atoms with Crippen LogP contribution in [0.4, 0.5) is 0 Å². The smallest absolute Gasteiger partial charge is 0.0157 e. The minimum absolute atomic E-state index is 0.981. The van der Waals surface area contributed by atoms with Crippen molar-refractivity contribution in [1.82, 2.24) is 0 Å². The summed E-state index contributed by atoms with van der Waals surface area (Å²) >= 11 is 0. The Morgan fingerprint density at radius 1 is 0.909 bits per heavy atom. The van der Waals surface area contributed by atoms with Crippen LogP contribution in [-0.2, 0) is 0 Å². The molecule has 0 nitrogen and oxygen atoms in total. The lowest BCUT2D eigenvalue weighted by Crippen LogP contribution is -1.62. The zero-order valence-corrected chi connectivity index (χ0v) is 6.66. The first kappa shape index (κ1) is 8.06. The van der Waals surface area contributed by atoms with Crippen molar-refractivity contribution in [1.29, 1.82) is 0 Å². The van der Waals surface area contributed by atoms with Crippen LogP contribution in [0.2, 0.25) is 0 Å². The molecular weight excluding hydrogens is 132 g/mol. The maximum Gasteiger partial charge on any atom is -0.0157 e. The van der Waals surface area contributed by atoms with Crippen LogP contribution in [0.5, 0.6) is 0 Å². The van der Waals surface area contributed by atoms with Gasteiger partial charge < -0.3 is 0 Å². The molecule has 57 valence electrons. The van der Waals surface area contributed by atoms with E-state index in [1.165, 1.54) is 0 Å². The SMILES string of the molecule is [C]1=CCC=CC=CCCC=C1. The molecule has 0 bridgehead atoms. The second kappa shape index (κ2) is 5.72. The number of hydrogen-bond donors (Lipinski definition) is 0. The van der Waals surface area contributed by atoms with Crippen molar-refractivity contribution in [3.05, 3.63) is 48.6 Å². The molecule has 1 rings (SSSR count). The monoisotopic (exact) mass is 145 g/mol. The fraction of sp³-hybridized carbons (Fsp3) is 0.273. The standard InChI is InChI=1S/C11H13/c1-2-4-6-8-10-11-9-7-5-3-1/h1-4,7,10-11H,5-6,8H2. The van der Waals surface area contributed by atoms with Crippen molar-refractivity contribution in [3.63, 3.8) is 0 Å². The van der Waals surface area contributed by atoms with E-state index in [9.17, 15) is 0 Å². The molecule has 0 atom stereocenters. The van der Waals surface area contributed by atoms with E-state index in [2.05, 4.69) is 36.5 Å². The van der Waals surface area contributed by atoms with Gasteiger partial charge in [0.1, 0.15) is 0 Å². The Labute approximate surface area is 68.6 Å². The summed E-state index contributed by atoms with van der Waals surface area (Å²) in [6.07, 6.45) is 21.0. The van der Waals surface area contributed by atoms with Gasteiger partial charge >= 0.3 is 0 Å². The van der Waals surface area contributed by atoms with Crippen LogP contribution < -0.4 is 0 Å². The number of hydrogen-bond acceptors (Lipinski definition) is 0. The Morgan fingerprint density at radius 2 is 1.73 bits per heavy atom. The molecule has 1 aliphatic rings. The quantitative estimate of drug-likeness (QED) is 0.491. The fourth-order valence-corrected chi connectivity index (χ4v) is 0.880. The summed E-state index contributed by atoms with van der Waals surface area (Å²) in [5.41, 5.74) is 0. The first-order chi connectivity index (χ1) is 5.50. The van der Waals surface area contributed by atoms with Gasteiger partial charge in [-0.25, -0.2) is 0 Å². The Morgan fingerprint density at radius 3 is 2.73 bits per heavy atom. The molecule has 0 unspecified atom stereocenters. The zero-order valence-electron chi connectivity index (χ0n) is 6.66. The van der Waals surface area contributed by atoms with Gasteiger partial charge in [0.2, 0.25) is 0 Å². The normalized spacial score (nSPS) is 18.2. The molecule has 0 aromatic rings. The lowest BCUT2D eigenvalue weighted by Gasteiger charge is -1.82. The van der Waals surface area contributed by atoms with Crippen LogP contribution in [0, 0.1) is 6.08 Å². The summed E-state index contributed by atoms with van der Waals surface area (Å²) in [6, 6.07) is 0. The molecule has 0 fully saturated rings. The second-order valence-electron chi connectivity index (χ2n) is 2.44. The number of rotatable bonds is 0. The molecule has 0 aromatic carbocycles. The minimum Gasteiger partial charge on any atom is -0.0842 e. The largest absolute Gasteiger partial charge is 0.0842 e. The molecule has 0 saturated carbocycles. The first-order valence-electron chi connectivity index (χ1n) is 4.04. The van der Waals surface area contributed by atoms with Crippen LogP contribution in [-0.4, -0.2) is 0 Å².